The quantitative estimate of drug-likeness (QED) is 0.898. The second-order valence-corrected chi connectivity index (χ2v) is 5.87. The highest BCUT2D eigenvalue weighted by Crippen LogP contribution is 2.18. The van der Waals surface area contributed by atoms with E-state index in [2.05, 4.69) is 29.7 Å². The molecule has 1 amide bonds. The van der Waals surface area contributed by atoms with E-state index in [1.165, 1.54) is 9.75 Å². The summed E-state index contributed by atoms with van der Waals surface area (Å²) in [5.41, 5.74) is 2.68. The van der Waals surface area contributed by atoms with Crippen LogP contribution in [0.15, 0.2) is 30.3 Å². The molecule has 2 N–H and O–H groups in total. The van der Waals surface area contributed by atoms with Gasteiger partial charge in [0.2, 0.25) is 0 Å². The second-order valence-electron chi connectivity index (χ2n) is 4.49. The molecule has 0 saturated heterocycles. The maximum atomic E-state index is 12.2. The van der Waals surface area contributed by atoms with Gasteiger partial charge in [0.25, 0.3) is 5.91 Å². The summed E-state index contributed by atoms with van der Waals surface area (Å²) in [7, 11) is 1.83. The van der Waals surface area contributed by atoms with E-state index in [0.29, 0.717) is 12.1 Å². The number of carbonyl (C=O) groups is 1. The number of amides is 1. The second kappa shape index (κ2) is 5.89. The summed E-state index contributed by atoms with van der Waals surface area (Å²) in [5.74, 6) is -0.0459. The van der Waals surface area contributed by atoms with Gasteiger partial charge in [-0.1, -0.05) is 6.07 Å². The van der Waals surface area contributed by atoms with Gasteiger partial charge < -0.3 is 10.6 Å². The van der Waals surface area contributed by atoms with Crippen LogP contribution in [-0.4, -0.2) is 13.0 Å². The lowest BCUT2D eigenvalue weighted by Crippen LogP contribution is -2.23. The first-order chi connectivity index (χ1) is 9.10. The van der Waals surface area contributed by atoms with Gasteiger partial charge in [0.15, 0.2) is 0 Å². The van der Waals surface area contributed by atoms with E-state index in [4.69, 9.17) is 0 Å². The molecule has 2 rings (SSSR count). The molecule has 0 unspecified atom stereocenters. The van der Waals surface area contributed by atoms with Crippen molar-refractivity contribution in [3.8, 4) is 0 Å². The van der Waals surface area contributed by atoms with Crippen molar-refractivity contribution in [3.63, 3.8) is 0 Å². The van der Waals surface area contributed by atoms with Gasteiger partial charge in [0, 0.05) is 22.5 Å². The Hall–Kier alpha value is -1.81. The van der Waals surface area contributed by atoms with Gasteiger partial charge in [-0.25, -0.2) is 0 Å². The largest absolute Gasteiger partial charge is 0.387 e. The van der Waals surface area contributed by atoms with Crippen LogP contribution in [0.5, 0.6) is 0 Å². The molecule has 0 fully saturated rings. The molecule has 0 spiro atoms. The van der Waals surface area contributed by atoms with Crippen molar-refractivity contribution in [3.05, 3.63) is 51.2 Å². The van der Waals surface area contributed by atoms with Gasteiger partial charge in [0.1, 0.15) is 0 Å². The number of rotatable bonds is 4. The highest BCUT2D eigenvalue weighted by atomic mass is 32.1. The highest BCUT2D eigenvalue weighted by molar-refractivity contribution is 7.11. The van der Waals surface area contributed by atoms with Gasteiger partial charge in [-0.15, -0.1) is 11.3 Å². The third-order valence-electron chi connectivity index (χ3n) is 2.91. The van der Waals surface area contributed by atoms with E-state index in [0.717, 1.165) is 11.3 Å². The van der Waals surface area contributed by atoms with Crippen LogP contribution < -0.4 is 10.6 Å². The molecule has 4 heteroatoms. The van der Waals surface area contributed by atoms with E-state index in [1.54, 1.807) is 11.3 Å². The van der Waals surface area contributed by atoms with Crippen LogP contribution in [0.1, 0.15) is 25.7 Å². The van der Waals surface area contributed by atoms with Crippen molar-refractivity contribution in [1.29, 1.82) is 0 Å². The molecular formula is C15H18N2OS. The van der Waals surface area contributed by atoms with E-state index >= 15 is 0 Å². The summed E-state index contributed by atoms with van der Waals surface area (Å²) in [6.45, 7) is 4.65. The average molecular weight is 274 g/mol. The molecule has 0 atom stereocenters. The average Bonchev–Trinajstić information content (AvgIpc) is 2.81. The lowest BCUT2D eigenvalue weighted by Gasteiger charge is -2.10. The summed E-state index contributed by atoms with van der Waals surface area (Å²) >= 11 is 1.71. The molecule has 1 aromatic carbocycles. The predicted molar refractivity (Wildman–Crippen MR) is 81.0 cm³/mol. The monoisotopic (exact) mass is 274 g/mol. The SMILES string of the molecule is CNc1cc(C)ccc1C(=O)NCc1ccc(C)s1. The standard InChI is InChI=1S/C15H18N2OS/c1-10-4-7-13(14(8-10)16-3)15(18)17-9-12-6-5-11(2)19-12/h4-8,16H,9H2,1-3H3,(H,17,18). The van der Waals surface area contributed by atoms with Gasteiger partial charge in [0.05, 0.1) is 12.1 Å². The molecule has 3 nitrogen and oxygen atoms in total. The van der Waals surface area contributed by atoms with E-state index in [9.17, 15) is 4.79 Å². The van der Waals surface area contributed by atoms with E-state index < -0.39 is 0 Å². The molecular weight excluding hydrogens is 256 g/mol. The smallest absolute Gasteiger partial charge is 0.253 e. The number of thiophene rings is 1. The van der Waals surface area contributed by atoms with Crippen LogP contribution in [0, 0.1) is 13.8 Å². The first kappa shape index (κ1) is 13.6. The molecule has 1 heterocycles. The summed E-state index contributed by atoms with van der Waals surface area (Å²) in [6, 6.07) is 9.90. The van der Waals surface area contributed by atoms with Crippen LogP contribution in [-0.2, 0) is 6.54 Å². The Morgan fingerprint density at radius 2 is 2.00 bits per heavy atom. The number of carbonyl (C=O) groups excluding carboxylic acids is 1. The lowest BCUT2D eigenvalue weighted by atomic mass is 10.1. The van der Waals surface area contributed by atoms with Crippen molar-refractivity contribution in [2.45, 2.75) is 20.4 Å². The fourth-order valence-corrected chi connectivity index (χ4v) is 2.74. The zero-order chi connectivity index (χ0) is 13.8. The third kappa shape index (κ3) is 3.35. The highest BCUT2D eigenvalue weighted by Gasteiger charge is 2.10. The Kier molecular flexibility index (Phi) is 4.22. The van der Waals surface area contributed by atoms with Crippen LogP contribution in [0.3, 0.4) is 0 Å². The van der Waals surface area contributed by atoms with Crippen LogP contribution >= 0.6 is 11.3 Å². The minimum atomic E-state index is -0.0459. The fourth-order valence-electron chi connectivity index (χ4n) is 1.91. The number of hydrogen-bond acceptors (Lipinski definition) is 3. The van der Waals surface area contributed by atoms with Crippen molar-refractivity contribution < 1.29 is 4.79 Å². The fraction of sp³-hybridized carbons (Fsp3) is 0.267. The van der Waals surface area contributed by atoms with E-state index in [1.807, 2.05) is 32.2 Å². The molecule has 1 aromatic heterocycles. The summed E-state index contributed by atoms with van der Waals surface area (Å²) in [5, 5.41) is 6.02. The number of aryl methyl sites for hydroxylation is 2. The zero-order valence-electron chi connectivity index (χ0n) is 11.4. The molecule has 0 aliphatic carbocycles. The van der Waals surface area contributed by atoms with Crippen LogP contribution in [0.4, 0.5) is 5.69 Å². The number of hydrogen-bond donors (Lipinski definition) is 2. The minimum absolute atomic E-state index is 0.0459. The maximum absolute atomic E-state index is 12.2. The number of benzene rings is 1. The molecule has 0 aliphatic heterocycles. The Bertz CT molecular complexity index is 590. The molecule has 0 radical (unpaired) electrons. The van der Waals surface area contributed by atoms with Crippen molar-refractivity contribution in [1.82, 2.24) is 5.32 Å². The molecule has 2 aromatic rings. The molecule has 19 heavy (non-hydrogen) atoms. The Balaban J connectivity index is 2.07. The van der Waals surface area contributed by atoms with Crippen LogP contribution in [0.25, 0.3) is 0 Å². The summed E-state index contributed by atoms with van der Waals surface area (Å²) in [6.07, 6.45) is 0. The van der Waals surface area contributed by atoms with Crippen LogP contribution in [0.2, 0.25) is 0 Å². The maximum Gasteiger partial charge on any atom is 0.253 e. The minimum Gasteiger partial charge on any atom is -0.387 e. The third-order valence-corrected chi connectivity index (χ3v) is 3.91. The first-order valence-corrected chi connectivity index (χ1v) is 7.03. The Morgan fingerprint density at radius 3 is 2.63 bits per heavy atom. The number of nitrogens with one attached hydrogen (secondary N) is 2. The number of anilines is 1. The normalized spacial score (nSPS) is 10.3. The van der Waals surface area contributed by atoms with Crippen molar-refractivity contribution in [2.24, 2.45) is 0 Å². The lowest BCUT2D eigenvalue weighted by molar-refractivity contribution is 0.0952. The Morgan fingerprint density at radius 1 is 1.21 bits per heavy atom. The van der Waals surface area contributed by atoms with Gasteiger partial charge in [-0.3, -0.25) is 4.79 Å². The molecule has 0 aliphatic rings. The van der Waals surface area contributed by atoms with Crippen molar-refractivity contribution in [2.75, 3.05) is 12.4 Å². The predicted octanol–water partition coefficient (Wildman–Crippen LogP) is 3.34. The van der Waals surface area contributed by atoms with Gasteiger partial charge in [-0.2, -0.15) is 0 Å². The van der Waals surface area contributed by atoms with Gasteiger partial charge >= 0.3 is 0 Å². The summed E-state index contributed by atoms with van der Waals surface area (Å²) in [4.78, 5) is 14.6. The van der Waals surface area contributed by atoms with E-state index in [-0.39, 0.29) is 5.91 Å². The Labute approximate surface area is 117 Å². The topological polar surface area (TPSA) is 41.1 Å². The molecule has 0 saturated carbocycles. The van der Waals surface area contributed by atoms with Gasteiger partial charge in [-0.05, 0) is 43.7 Å². The van der Waals surface area contributed by atoms with Crippen molar-refractivity contribution >= 4 is 22.9 Å². The zero-order valence-corrected chi connectivity index (χ0v) is 12.2. The summed E-state index contributed by atoms with van der Waals surface area (Å²) < 4.78 is 0. The molecule has 100 valence electrons. The molecule has 0 bridgehead atoms. The first-order valence-electron chi connectivity index (χ1n) is 6.22.